The Bertz CT molecular complexity index is 1420. The fourth-order valence-corrected chi connectivity index (χ4v) is 7.30. The SMILES string of the molecule is O=C(NC1CCCCC(CCCCC2(C(=O)NCC(F)(F)F)c3ccccc3-c3ccccc32)CCC1)c1cnccc1Cl. The first-order valence-electron chi connectivity index (χ1n) is 15.6. The van der Waals surface area contributed by atoms with Crippen molar-refractivity contribution in [1.82, 2.24) is 15.6 Å². The van der Waals surface area contributed by atoms with Crippen molar-refractivity contribution >= 4 is 23.4 Å². The molecule has 0 radical (unpaired) electrons. The zero-order valence-electron chi connectivity index (χ0n) is 24.8. The van der Waals surface area contributed by atoms with E-state index < -0.39 is 24.0 Å². The molecule has 9 heteroatoms. The number of fused-ring (bicyclic) bond motifs is 3. The van der Waals surface area contributed by atoms with Crippen molar-refractivity contribution in [3.63, 3.8) is 0 Å². The minimum absolute atomic E-state index is 0.0927. The van der Waals surface area contributed by atoms with Crippen LogP contribution in [0.3, 0.4) is 0 Å². The third-order valence-corrected chi connectivity index (χ3v) is 9.57. The van der Waals surface area contributed by atoms with Gasteiger partial charge in [0.25, 0.3) is 5.91 Å². The number of carbonyl (C=O) groups excluding carboxylic acids is 2. The Morgan fingerprint density at radius 3 is 2.20 bits per heavy atom. The second kappa shape index (κ2) is 14.1. The summed E-state index contributed by atoms with van der Waals surface area (Å²) >= 11 is 6.18. The molecule has 0 aliphatic heterocycles. The molecule has 2 aliphatic carbocycles. The summed E-state index contributed by atoms with van der Waals surface area (Å²) in [6, 6.07) is 16.9. The van der Waals surface area contributed by atoms with Crippen molar-refractivity contribution in [2.45, 2.75) is 88.3 Å². The average Bonchev–Trinajstić information content (AvgIpc) is 3.35. The number of aromatic nitrogens is 1. The van der Waals surface area contributed by atoms with Crippen LogP contribution in [-0.4, -0.2) is 35.6 Å². The van der Waals surface area contributed by atoms with Crippen molar-refractivity contribution in [2.24, 2.45) is 5.92 Å². The van der Waals surface area contributed by atoms with Gasteiger partial charge < -0.3 is 10.6 Å². The summed E-state index contributed by atoms with van der Waals surface area (Å²) in [4.78, 5) is 30.5. The second-order valence-electron chi connectivity index (χ2n) is 12.1. The van der Waals surface area contributed by atoms with E-state index in [0.29, 0.717) is 22.9 Å². The van der Waals surface area contributed by atoms with Crippen LogP contribution in [0.15, 0.2) is 67.0 Å². The van der Waals surface area contributed by atoms with Gasteiger partial charge in [-0.2, -0.15) is 13.2 Å². The van der Waals surface area contributed by atoms with Gasteiger partial charge in [-0.05, 0) is 53.5 Å². The Balaban J connectivity index is 1.21. The summed E-state index contributed by atoms with van der Waals surface area (Å²) < 4.78 is 39.5. The van der Waals surface area contributed by atoms with Crippen LogP contribution in [0.4, 0.5) is 13.2 Å². The molecule has 0 bridgehead atoms. The molecule has 1 saturated carbocycles. The summed E-state index contributed by atoms with van der Waals surface area (Å²) in [5, 5.41) is 5.77. The lowest BCUT2D eigenvalue weighted by Gasteiger charge is -2.31. The third-order valence-electron chi connectivity index (χ3n) is 9.24. The molecule has 0 saturated heterocycles. The number of alkyl halides is 3. The Hall–Kier alpha value is -3.39. The van der Waals surface area contributed by atoms with E-state index in [1.54, 1.807) is 12.3 Å². The van der Waals surface area contributed by atoms with Gasteiger partial charge in [0.15, 0.2) is 0 Å². The summed E-state index contributed by atoms with van der Waals surface area (Å²) in [6.07, 6.45) is 8.73. The van der Waals surface area contributed by atoms with E-state index in [9.17, 15) is 22.8 Å². The molecule has 1 heterocycles. The van der Waals surface area contributed by atoms with Crippen molar-refractivity contribution in [3.05, 3.63) is 88.7 Å². The number of unbranched alkanes of at least 4 members (excludes halogenated alkanes) is 1. The largest absolute Gasteiger partial charge is 0.405 e. The monoisotopic (exact) mass is 625 g/mol. The number of hydrogen-bond donors (Lipinski definition) is 2. The molecule has 1 fully saturated rings. The molecule has 3 aromatic rings. The number of carbonyl (C=O) groups is 2. The van der Waals surface area contributed by atoms with Crippen LogP contribution in [0.25, 0.3) is 11.1 Å². The maximum Gasteiger partial charge on any atom is 0.405 e. The smallest absolute Gasteiger partial charge is 0.349 e. The van der Waals surface area contributed by atoms with E-state index >= 15 is 0 Å². The van der Waals surface area contributed by atoms with Gasteiger partial charge in [-0.25, -0.2) is 0 Å². The Kier molecular flexibility index (Phi) is 10.3. The number of benzene rings is 2. The van der Waals surface area contributed by atoms with Crippen LogP contribution < -0.4 is 10.6 Å². The van der Waals surface area contributed by atoms with Crippen molar-refractivity contribution in [1.29, 1.82) is 0 Å². The van der Waals surface area contributed by atoms with Gasteiger partial charge in [0.2, 0.25) is 5.91 Å². The molecular weight excluding hydrogens is 587 g/mol. The van der Waals surface area contributed by atoms with Crippen LogP contribution in [-0.2, 0) is 10.2 Å². The second-order valence-corrected chi connectivity index (χ2v) is 12.6. The highest BCUT2D eigenvalue weighted by Crippen LogP contribution is 2.51. The van der Waals surface area contributed by atoms with Crippen LogP contribution in [0.1, 0.15) is 92.1 Å². The fourth-order valence-electron chi connectivity index (χ4n) is 7.11. The lowest BCUT2D eigenvalue weighted by Crippen LogP contribution is -2.47. The van der Waals surface area contributed by atoms with E-state index in [2.05, 4.69) is 15.6 Å². The van der Waals surface area contributed by atoms with E-state index in [4.69, 9.17) is 11.6 Å². The summed E-state index contributed by atoms with van der Waals surface area (Å²) in [7, 11) is 0. The predicted octanol–water partition coefficient (Wildman–Crippen LogP) is 8.40. The Morgan fingerprint density at radius 2 is 1.52 bits per heavy atom. The van der Waals surface area contributed by atoms with Crippen LogP contribution in [0.5, 0.6) is 0 Å². The van der Waals surface area contributed by atoms with E-state index in [1.165, 1.54) is 6.20 Å². The lowest BCUT2D eigenvalue weighted by atomic mass is 9.73. The van der Waals surface area contributed by atoms with Crippen LogP contribution in [0, 0.1) is 5.92 Å². The number of amides is 2. The normalized spacial score (nSPS) is 19.5. The number of hydrogen-bond acceptors (Lipinski definition) is 3. The standard InChI is InChI=1S/C35H39ClF3N3O2/c36-31-19-21-40-22-28(31)32(43)42-25-13-2-1-10-24(12-9-14-25)11-7-8-20-34(33(44)41-23-35(37,38)39)29-17-5-3-15-26(29)27-16-4-6-18-30(27)34/h3-6,15-19,21-22,24-25H,1-2,7-14,20,23H2,(H,41,44)(H,42,43). The predicted molar refractivity (Wildman–Crippen MR) is 167 cm³/mol. The van der Waals surface area contributed by atoms with Gasteiger partial charge in [0.05, 0.1) is 10.6 Å². The maximum absolute atomic E-state index is 13.7. The molecule has 2 atom stereocenters. The number of nitrogens with zero attached hydrogens (tertiary/aromatic N) is 1. The van der Waals surface area contributed by atoms with Crippen LogP contribution in [0.2, 0.25) is 5.02 Å². The van der Waals surface area contributed by atoms with Gasteiger partial charge in [0.1, 0.15) is 12.0 Å². The lowest BCUT2D eigenvalue weighted by molar-refractivity contribution is -0.141. The van der Waals surface area contributed by atoms with E-state index in [1.807, 2.05) is 48.5 Å². The zero-order chi connectivity index (χ0) is 31.2. The first kappa shape index (κ1) is 32.0. The highest BCUT2D eigenvalue weighted by molar-refractivity contribution is 6.33. The topological polar surface area (TPSA) is 71.1 Å². The maximum atomic E-state index is 13.7. The summed E-state index contributed by atoms with van der Waals surface area (Å²) in [5.41, 5.74) is 2.62. The van der Waals surface area contributed by atoms with Crippen molar-refractivity contribution in [3.8, 4) is 11.1 Å². The van der Waals surface area contributed by atoms with Gasteiger partial charge in [-0.3, -0.25) is 14.6 Å². The Morgan fingerprint density at radius 1 is 0.886 bits per heavy atom. The van der Waals surface area contributed by atoms with Gasteiger partial charge >= 0.3 is 6.18 Å². The first-order valence-corrected chi connectivity index (χ1v) is 16.0. The molecule has 2 amide bonds. The number of nitrogens with one attached hydrogen (secondary N) is 2. The van der Waals surface area contributed by atoms with Crippen molar-refractivity contribution < 1.29 is 22.8 Å². The molecule has 5 rings (SSSR count). The molecule has 2 aliphatic rings. The molecule has 5 nitrogen and oxygen atoms in total. The molecule has 2 aromatic carbocycles. The minimum Gasteiger partial charge on any atom is -0.349 e. The number of pyridine rings is 1. The van der Waals surface area contributed by atoms with Crippen molar-refractivity contribution in [2.75, 3.05) is 6.54 Å². The van der Waals surface area contributed by atoms with E-state index in [0.717, 1.165) is 86.5 Å². The zero-order valence-corrected chi connectivity index (χ0v) is 25.5. The highest BCUT2D eigenvalue weighted by Gasteiger charge is 2.49. The summed E-state index contributed by atoms with van der Waals surface area (Å²) in [6.45, 7) is -1.35. The molecule has 2 unspecified atom stereocenters. The first-order chi connectivity index (χ1) is 21.2. The molecule has 234 valence electrons. The number of halogens is 4. The average molecular weight is 626 g/mol. The fraction of sp³-hybridized carbons (Fsp3) is 0.457. The molecule has 1 aromatic heterocycles. The molecule has 2 N–H and O–H groups in total. The van der Waals surface area contributed by atoms with Crippen LogP contribution >= 0.6 is 11.6 Å². The Labute approximate surface area is 262 Å². The van der Waals surface area contributed by atoms with Gasteiger partial charge in [0, 0.05) is 18.4 Å². The minimum atomic E-state index is -4.49. The molecule has 0 spiro atoms. The highest BCUT2D eigenvalue weighted by atomic mass is 35.5. The number of rotatable bonds is 9. The quantitative estimate of drug-likeness (QED) is 0.235. The summed E-state index contributed by atoms with van der Waals surface area (Å²) in [5.74, 6) is -0.238. The van der Waals surface area contributed by atoms with Gasteiger partial charge in [-0.1, -0.05) is 111 Å². The van der Waals surface area contributed by atoms with E-state index in [-0.39, 0.29) is 11.9 Å². The third kappa shape index (κ3) is 7.28. The van der Waals surface area contributed by atoms with Gasteiger partial charge in [-0.15, -0.1) is 0 Å². The molecule has 44 heavy (non-hydrogen) atoms. The molecular formula is C35H39ClF3N3O2.